The number of nitrogens with zero attached hydrogens (tertiary/aromatic N) is 3. The summed E-state index contributed by atoms with van der Waals surface area (Å²) in [6.07, 6.45) is 3.23. The van der Waals surface area contributed by atoms with Crippen molar-refractivity contribution in [2.24, 2.45) is 0 Å². The molecule has 104 valence electrons. The molecule has 1 aliphatic heterocycles. The maximum absolute atomic E-state index is 13.4. The number of aliphatic hydroxyl groups is 1. The van der Waals surface area contributed by atoms with Crippen molar-refractivity contribution >= 4 is 21.7 Å². The highest BCUT2D eigenvalue weighted by molar-refractivity contribution is 9.10. The van der Waals surface area contributed by atoms with Crippen LogP contribution in [0.3, 0.4) is 0 Å². The quantitative estimate of drug-likeness (QED) is 0.915. The molecule has 20 heavy (non-hydrogen) atoms. The second-order valence-corrected chi connectivity index (χ2v) is 5.66. The summed E-state index contributed by atoms with van der Waals surface area (Å²) >= 11 is 3.42. The Morgan fingerprint density at radius 3 is 3.00 bits per heavy atom. The second-order valence-electron chi connectivity index (χ2n) is 4.81. The zero-order chi connectivity index (χ0) is 14.1. The monoisotopic (exact) mass is 337 g/mol. The van der Waals surface area contributed by atoms with Gasteiger partial charge >= 0.3 is 0 Å². The van der Waals surface area contributed by atoms with Crippen LogP contribution in [0.1, 0.15) is 18.0 Å². The molecule has 3 rings (SSSR count). The van der Waals surface area contributed by atoms with E-state index in [2.05, 4.69) is 25.9 Å². The molecule has 0 bridgehead atoms. The van der Waals surface area contributed by atoms with Gasteiger partial charge in [-0.25, -0.2) is 14.4 Å². The molecule has 1 aliphatic rings. The summed E-state index contributed by atoms with van der Waals surface area (Å²) in [7, 11) is 0. The summed E-state index contributed by atoms with van der Waals surface area (Å²) in [5, 5.41) is 9.96. The second kappa shape index (κ2) is 5.46. The van der Waals surface area contributed by atoms with Crippen molar-refractivity contribution in [1.29, 1.82) is 0 Å². The lowest BCUT2D eigenvalue weighted by molar-refractivity contribution is 0.194. The molecule has 0 saturated carbocycles. The molecular formula is C14H13BrFN3O. The highest BCUT2D eigenvalue weighted by Gasteiger charge is 2.34. The topological polar surface area (TPSA) is 49.2 Å². The molecule has 6 heteroatoms. The third kappa shape index (κ3) is 2.53. The highest BCUT2D eigenvalue weighted by atomic mass is 79.9. The zero-order valence-electron chi connectivity index (χ0n) is 10.6. The van der Waals surface area contributed by atoms with E-state index in [1.54, 1.807) is 12.3 Å². The number of halogens is 2. The SMILES string of the molecule is OC1CC(c2cccc(F)c2)N(c2ncncc2Br)C1. The molecule has 2 atom stereocenters. The summed E-state index contributed by atoms with van der Waals surface area (Å²) in [5.41, 5.74) is 0.840. The van der Waals surface area contributed by atoms with E-state index < -0.39 is 6.10 Å². The van der Waals surface area contributed by atoms with E-state index in [1.165, 1.54) is 18.5 Å². The molecule has 1 N–H and O–H groups in total. The fourth-order valence-corrected chi connectivity index (χ4v) is 3.04. The van der Waals surface area contributed by atoms with Crippen LogP contribution in [0.25, 0.3) is 0 Å². The Morgan fingerprint density at radius 1 is 1.40 bits per heavy atom. The smallest absolute Gasteiger partial charge is 0.146 e. The molecule has 4 nitrogen and oxygen atoms in total. The Labute approximate surface area is 124 Å². The number of anilines is 1. The fourth-order valence-electron chi connectivity index (χ4n) is 2.60. The maximum atomic E-state index is 13.4. The predicted molar refractivity (Wildman–Crippen MR) is 76.8 cm³/mol. The Balaban J connectivity index is 1.99. The van der Waals surface area contributed by atoms with Crippen LogP contribution in [0.4, 0.5) is 10.2 Å². The number of hydrogen-bond donors (Lipinski definition) is 1. The van der Waals surface area contributed by atoms with Gasteiger partial charge < -0.3 is 10.0 Å². The summed E-state index contributed by atoms with van der Waals surface area (Å²) in [6.45, 7) is 0.469. The average Bonchev–Trinajstić information content (AvgIpc) is 2.81. The molecule has 1 saturated heterocycles. The first-order valence-corrected chi connectivity index (χ1v) is 7.10. The highest BCUT2D eigenvalue weighted by Crippen LogP contribution is 2.38. The molecule has 1 fully saturated rings. The van der Waals surface area contributed by atoms with E-state index in [-0.39, 0.29) is 11.9 Å². The minimum atomic E-state index is -0.454. The van der Waals surface area contributed by atoms with E-state index in [4.69, 9.17) is 0 Å². The Kier molecular flexibility index (Phi) is 3.67. The van der Waals surface area contributed by atoms with E-state index in [1.807, 2.05) is 11.0 Å². The molecule has 0 radical (unpaired) electrons. The molecule has 2 unspecified atom stereocenters. The Morgan fingerprint density at radius 2 is 2.25 bits per heavy atom. The van der Waals surface area contributed by atoms with Crippen molar-refractivity contribution in [3.05, 3.63) is 52.6 Å². The summed E-state index contributed by atoms with van der Waals surface area (Å²) in [5.74, 6) is 0.441. The van der Waals surface area contributed by atoms with Gasteiger partial charge in [0.05, 0.1) is 16.6 Å². The van der Waals surface area contributed by atoms with Crippen molar-refractivity contribution in [3.8, 4) is 0 Å². The Hall–Kier alpha value is -1.53. The van der Waals surface area contributed by atoms with Crippen LogP contribution in [0.2, 0.25) is 0 Å². The van der Waals surface area contributed by atoms with E-state index >= 15 is 0 Å². The molecule has 0 amide bonds. The van der Waals surface area contributed by atoms with Crippen molar-refractivity contribution in [1.82, 2.24) is 9.97 Å². The van der Waals surface area contributed by atoms with Gasteiger partial charge in [0.15, 0.2) is 0 Å². The minimum Gasteiger partial charge on any atom is -0.391 e. The number of β-amino-alcohol motifs (C(OH)–C–C–N with tert-alkyl or cyclic N) is 1. The van der Waals surface area contributed by atoms with Gasteiger partial charge in [0.25, 0.3) is 0 Å². The van der Waals surface area contributed by atoms with Gasteiger partial charge in [-0.05, 0) is 40.0 Å². The minimum absolute atomic E-state index is 0.0908. The average molecular weight is 338 g/mol. The molecule has 0 aliphatic carbocycles. The normalized spacial score (nSPS) is 22.2. The first kappa shape index (κ1) is 13.5. The van der Waals surface area contributed by atoms with Crippen LogP contribution in [-0.4, -0.2) is 27.7 Å². The zero-order valence-corrected chi connectivity index (χ0v) is 12.2. The molecule has 2 aromatic rings. The molecule has 2 heterocycles. The van der Waals surface area contributed by atoms with Crippen molar-refractivity contribution < 1.29 is 9.50 Å². The van der Waals surface area contributed by atoms with Crippen LogP contribution in [0, 0.1) is 5.82 Å². The molecular weight excluding hydrogens is 325 g/mol. The standard InChI is InChI=1S/C14H13BrFN3O/c15-12-6-17-8-18-14(12)19-7-11(20)5-13(19)9-2-1-3-10(16)4-9/h1-4,6,8,11,13,20H,5,7H2. The largest absolute Gasteiger partial charge is 0.391 e. The van der Waals surface area contributed by atoms with Gasteiger partial charge in [-0.1, -0.05) is 12.1 Å². The van der Waals surface area contributed by atoms with Gasteiger partial charge in [-0.3, -0.25) is 0 Å². The van der Waals surface area contributed by atoms with E-state index in [0.29, 0.717) is 18.8 Å². The van der Waals surface area contributed by atoms with Crippen LogP contribution < -0.4 is 4.90 Å². The van der Waals surface area contributed by atoms with Crippen molar-refractivity contribution in [2.75, 3.05) is 11.4 Å². The third-order valence-electron chi connectivity index (χ3n) is 3.43. The lowest BCUT2D eigenvalue weighted by Crippen LogP contribution is -2.25. The van der Waals surface area contributed by atoms with Crippen molar-refractivity contribution in [2.45, 2.75) is 18.6 Å². The lowest BCUT2D eigenvalue weighted by atomic mass is 10.0. The molecule has 1 aromatic carbocycles. The number of benzene rings is 1. The number of aromatic nitrogens is 2. The van der Waals surface area contributed by atoms with Crippen LogP contribution in [0.15, 0.2) is 41.3 Å². The first-order valence-electron chi connectivity index (χ1n) is 6.31. The number of rotatable bonds is 2. The predicted octanol–water partition coefficient (Wildman–Crippen LogP) is 2.69. The van der Waals surface area contributed by atoms with Crippen molar-refractivity contribution in [3.63, 3.8) is 0 Å². The summed E-state index contributed by atoms with van der Waals surface area (Å²) < 4.78 is 14.2. The first-order chi connectivity index (χ1) is 9.65. The number of hydrogen-bond acceptors (Lipinski definition) is 4. The van der Waals surface area contributed by atoms with Gasteiger partial charge in [0.1, 0.15) is 18.0 Å². The molecule has 0 spiro atoms. The fraction of sp³-hybridized carbons (Fsp3) is 0.286. The summed E-state index contributed by atoms with van der Waals surface area (Å²) in [6, 6.07) is 6.38. The van der Waals surface area contributed by atoms with Crippen LogP contribution >= 0.6 is 15.9 Å². The Bertz CT molecular complexity index is 625. The van der Waals surface area contributed by atoms with Gasteiger partial charge in [0, 0.05) is 12.7 Å². The maximum Gasteiger partial charge on any atom is 0.146 e. The molecule has 1 aromatic heterocycles. The third-order valence-corrected chi connectivity index (χ3v) is 3.99. The number of aliphatic hydroxyl groups excluding tert-OH is 1. The van der Waals surface area contributed by atoms with Gasteiger partial charge in [0.2, 0.25) is 0 Å². The van der Waals surface area contributed by atoms with E-state index in [9.17, 15) is 9.50 Å². The van der Waals surface area contributed by atoms with Crippen LogP contribution in [0.5, 0.6) is 0 Å². The summed E-state index contributed by atoms with van der Waals surface area (Å²) in [4.78, 5) is 10.2. The van der Waals surface area contributed by atoms with Gasteiger partial charge in [-0.15, -0.1) is 0 Å². The van der Waals surface area contributed by atoms with Crippen LogP contribution in [-0.2, 0) is 0 Å². The van der Waals surface area contributed by atoms with E-state index in [0.717, 1.165) is 10.0 Å². The van der Waals surface area contributed by atoms with Gasteiger partial charge in [-0.2, -0.15) is 0 Å². The lowest BCUT2D eigenvalue weighted by Gasteiger charge is -2.26.